The standard InChI is InChI=1S/C17H19FN6O/c1-23-15(19)13-14(11-6-5-10(25-2)9-12(11)18)20-17(21-16(13)22-23)24-7-3-4-8-24/h5-6,9H,3-4,7-8,19H2,1-2H3. The molecule has 3 heterocycles. The highest BCUT2D eigenvalue weighted by Gasteiger charge is 2.23. The molecule has 1 aromatic carbocycles. The van der Waals surface area contributed by atoms with Crippen LogP contribution in [-0.2, 0) is 7.05 Å². The lowest BCUT2D eigenvalue weighted by Crippen LogP contribution is -2.20. The van der Waals surface area contributed by atoms with Gasteiger partial charge in [-0.1, -0.05) is 0 Å². The summed E-state index contributed by atoms with van der Waals surface area (Å²) in [5.41, 5.74) is 7.43. The Morgan fingerprint density at radius 2 is 1.96 bits per heavy atom. The van der Waals surface area contributed by atoms with E-state index in [1.807, 2.05) is 0 Å². The summed E-state index contributed by atoms with van der Waals surface area (Å²) in [7, 11) is 3.24. The number of ether oxygens (including phenoxy) is 1. The minimum absolute atomic E-state index is 0.355. The molecule has 1 saturated heterocycles. The molecule has 1 fully saturated rings. The van der Waals surface area contributed by atoms with E-state index in [9.17, 15) is 4.39 Å². The van der Waals surface area contributed by atoms with Crippen LogP contribution >= 0.6 is 0 Å². The summed E-state index contributed by atoms with van der Waals surface area (Å²) in [5.74, 6) is 1.00. The van der Waals surface area contributed by atoms with Crippen molar-refractivity contribution in [3.63, 3.8) is 0 Å². The molecule has 25 heavy (non-hydrogen) atoms. The topological polar surface area (TPSA) is 82.1 Å². The number of halogens is 1. The van der Waals surface area contributed by atoms with E-state index in [2.05, 4.69) is 20.0 Å². The van der Waals surface area contributed by atoms with Gasteiger partial charge in [-0.05, 0) is 25.0 Å². The molecule has 3 aromatic rings. The summed E-state index contributed by atoms with van der Waals surface area (Å²) in [6.07, 6.45) is 2.19. The third kappa shape index (κ3) is 2.54. The van der Waals surface area contributed by atoms with E-state index in [-0.39, 0.29) is 0 Å². The lowest BCUT2D eigenvalue weighted by Gasteiger charge is -2.16. The molecular formula is C17H19FN6O. The van der Waals surface area contributed by atoms with Crippen LogP contribution in [0.2, 0.25) is 0 Å². The Labute approximate surface area is 144 Å². The maximum Gasteiger partial charge on any atom is 0.228 e. The quantitative estimate of drug-likeness (QED) is 0.787. The van der Waals surface area contributed by atoms with E-state index in [1.165, 1.54) is 17.9 Å². The number of nitrogens with two attached hydrogens (primary N) is 1. The van der Waals surface area contributed by atoms with Crippen LogP contribution in [0, 0.1) is 5.82 Å². The fourth-order valence-corrected chi connectivity index (χ4v) is 3.17. The maximum absolute atomic E-state index is 14.7. The molecule has 0 unspecified atom stereocenters. The number of aromatic nitrogens is 4. The van der Waals surface area contributed by atoms with Gasteiger partial charge in [0.2, 0.25) is 5.95 Å². The molecule has 0 amide bonds. The lowest BCUT2D eigenvalue weighted by atomic mass is 10.1. The number of rotatable bonds is 3. The molecule has 4 rings (SSSR count). The molecule has 0 radical (unpaired) electrons. The molecule has 7 nitrogen and oxygen atoms in total. The van der Waals surface area contributed by atoms with Crippen molar-refractivity contribution in [3.05, 3.63) is 24.0 Å². The first kappa shape index (κ1) is 15.6. The predicted octanol–water partition coefficient (Wildman–Crippen LogP) is 2.36. The SMILES string of the molecule is COc1ccc(-c2nc(N3CCCC3)nc3nn(C)c(N)c23)c(F)c1. The monoisotopic (exact) mass is 342 g/mol. The second-order valence-electron chi connectivity index (χ2n) is 6.12. The minimum Gasteiger partial charge on any atom is -0.497 e. The second-order valence-corrected chi connectivity index (χ2v) is 6.12. The Morgan fingerprint density at radius 1 is 1.20 bits per heavy atom. The zero-order valence-corrected chi connectivity index (χ0v) is 14.2. The Bertz CT molecular complexity index is 948. The summed E-state index contributed by atoms with van der Waals surface area (Å²) in [5, 5.41) is 4.93. The van der Waals surface area contributed by atoms with Gasteiger partial charge in [-0.3, -0.25) is 4.68 Å². The molecule has 2 aromatic heterocycles. The van der Waals surface area contributed by atoms with Crippen molar-refractivity contribution >= 4 is 22.8 Å². The molecule has 0 saturated carbocycles. The first-order valence-corrected chi connectivity index (χ1v) is 8.17. The van der Waals surface area contributed by atoms with E-state index < -0.39 is 5.82 Å². The Balaban J connectivity index is 1.97. The molecule has 130 valence electrons. The van der Waals surface area contributed by atoms with Crippen molar-refractivity contribution in [2.75, 3.05) is 30.8 Å². The number of hydrogen-bond donors (Lipinski definition) is 1. The average Bonchev–Trinajstić information content (AvgIpc) is 3.23. The van der Waals surface area contributed by atoms with Gasteiger partial charge in [0.05, 0.1) is 18.2 Å². The minimum atomic E-state index is -0.421. The summed E-state index contributed by atoms with van der Waals surface area (Å²) in [6, 6.07) is 4.69. The predicted molar refractivity (Wildman–Crippen MR) is 94.1 cm³/mol. The van der Waals surface area contributed by atoms with Crippen LogP contribution in [0.15, 0.2) is 18.2 Å². The molecule has 1 aliphatic rings. The molecule has 8 heteroatoms. The van der Waals surface area contributed by atoms with E-state index in [0.717, 1.165) is 25.9 Å². The Hall–Kier alpha value is -2.90. The lowest BCUT2D eigenvalue weighted by molar-refractivity contribution is 0.411. The first-order valence-electron chi connectivity index (χ1n) is 8.17. The van der Waals surface area contributed by atoms with Crippen LogP contribution in [0.3, 0.4) is 0 Å². The van der Waals surface area contributed by atoms with Gasteiger partial charge < -0.3 is 15.4 Å². The van der Waals surface area contributed by atoms with Gasteiger partial charge in [0.15, 0.2) is 5.65 Å². The summed E-state index contributed by atoms with van der Waals surface area (Å²) in [6.45, 7) is 1.77. The third-order valence-electron chi connectivity index (χ3n) is 4.55. The number of benzene rings is 1. The number of nitrogens with zero attached hydrogens (tertiary/aromatic N) is 5. The van der Waals surface area contributed by atoms with Gasteiger partial charge >= 0.3 is 0 Å². The van der Waals surface area contributed by atoms with Gasteiger partial charge in [0, 0.05) is 31.8 Å². The second kappa shape index (κ2) is 5.87. The van der Waals surface area contributed by atoms with Crippen molar-refractivity contribution in [1.82, 2.24) is 19.7 Å². The van der Waals surface area contributed by atoms with Crippen LogP contribution in [0.1, 0.15) is 12.8 Å². The molecule has 1 aliphatic heterocycles. The number of fused-ring (bicyclic) bond motifs is 1. The highest BCUT2D eigenvalue weighted by atomic mass is 19.1. The van der Waals surface area contributed by atoms with Gasteiger partial charge in [-0.25, -0.2) is 9.37 Å². The summed E-state index contributed by atoms with van der Waals surface area (Å²) >= 11 is 0. The van der Waals surface area contributed by atoms with Crippen molar-refractivity contribution in [1.29, 1.82) is 0 Å². The fourth-order valence-electron chi connectivity index (χ4n) is 3.17. The van der Waals surface area contributed by atoms with Crippen LogP contribution < -0.4 is 15.4 Å². The molecule has 0 bridgehead atoms. The molecule has 0 aliphatic carbocycles. The van der Waals surface area contributed by atoms with E-state index in [4.69, 9.17) is 10.5 Å². The summed E-state index contributed by atoms with van der Waals surface area (Å²) < 4.78 is 21.3. The zero-order chi connectivity index (χ0) is 17.6. The van der Waals surface area contributed by atoms with E-state index in [1.54, 1.807) is 19.2 Å². The van der Waals surface area contributed by atoms with Gasteiger partial charge in [-0.2, -0.15) is 10.1 Å². The number of aryl methyl sites for hydroxylation is 1. The van der Waals surface area contributed by atoms with Crippen LogP contribution in [-0.4, -0.2) is 39.9 Å². The fraction of sp³-hybridized carbons (Fsp3) is 0.353. The zero-order valence-electron chi connectivity index (χ0n) is 14.2. The van der Waals surface area contributed by atoms with E-state index in [0.29, 0.717) is 39.8 Å². The van der Waals surface area contributed by atoms with E-state index >= 15 is 0 Å². The molecule has 0 spiro atoms. The van der Waals surface area contributed by atoms with Gasteiger partial charge in [0.1, 0.15) is 17.4 Å². The molecular weight excluding hydrogens is 323 g/mol. The van der Waals surface area contributed by atoms with Gasteiger partial charge in [-0.15, -0.1) is 0 Å². The van der Waals surface area contributed by atoms with Crippen molar-refractivity contribution in [2.24, 2.45) is 7.05 Å². The highest BCUT2D eigenvalue weighted by molar-refractivity contribution is 5.99. The van der Waals surface area contributed by atoms with Crippen LogP contribution in [0.4, 0.5) is 16.2 Å². The van der Waals surface area contributed by atoms with Crippen molar-refractivity contribution < 1.29 is 9.13 Å². The van der Waals surface area contributed by atoms with Crippen molar-refractivity contribution in [2.45, 2.75) is 12.8 Å². The number of anilines is 2. The summed E-state index contributed by atoms with van der Waals surface area (Å²) in [4.78, 5) is 11.3. The normalized spacial score (nSPS) is 14.4. The Morgan fingerprint density at radius 3 is 2.64 bits per heavy atom. The number of nitrogen functional groups attached to an aromatic ring is 1. The van der Waals surface area contributed by atoms with Crippen LogP contribution in [0.5, 0.6) is 5.75 Å². The smallest absolute Gasteiger partial charge is 0.228 e. The molecule has 2 N–H and O–H groups in total. The van der Waals surface area contributed by atoms with Gasteiger partial charge in [0.25, 0.3) is 0 Å². The van der Waals surface area contributed by atoms with Crippen molar-refractivity contribution in [3.8, 4) is 17.0 Å². The maximum atomic E-state index is 14.7. The molecule has 0 atom stereocenters. The number of methoxy groups -OCH3 is 1. The Kier molecular flexibility index (Phi) is 3.67. The number of hydrogen-bond acceptors (Lipinski definition) is 6. The third-order valence-corrected chi connectivity index (χ3v) is 4.55. The average molecular weight is 342 g/mol. The van der Waals surface area contributed by atoms with Crippen LogP contribution in [0.25, 0.3) is 22.3 Å². The highest BCUT2D eigenvalue weighted by Crippen LogP contribution is 2.34. The largest absolute Gasteiger partial charge is 0.497 e. The first-order chi connectivity index (χ1) is 12.1.